The van der Waals surface area contributed by atoms with E-state index in [-0.39, 0.29) is 30.4 Å². The lowest BCUT2D eigenvalue weighted by molar-refractivity contribution is -0.131. The van der Waals surface area contributed by atoms with Crippen LogP contribution in [0, 0.1) is 5.41 Å². The van der Waals surface area contributed by atoms with Crippen molar-refractivity contribution < 1.29 is 24.2 Å². The van der Waals surface area contributed by atoms with Crippen LogP contribution in [-0.4, -0.2) is 42.3 Å². The minimum Gasteiger partial charge on any atom is -0.478 e. The Labute approximate surface area is 200 Å². The Morgan fingerprint density at radius 1 is 1.03 bits per heavy atom. The second-order valence-electron chi connectivity index (χ2n) is 9.61. The van der Waals surface area contributed by atoms with Gasteiger partial charge in [-0.05, 0) is 40.5 Å². The standard InChI is InChI=1S/C27H32N2O5/c1-27(2,3)15-14-23(25(32)28-16-8-13-24(30)31)29-26(33)34-17-22-20-11-6-4-9-18(20)19-10-5-7-12-21(19)22/h4-13,22-23H,14-17H2,1-3H3,(H,28,32)(H,29,33)(H,30,31)/b13-8+. The molecule has 0 bridgehead atoms. The number of hydrogen-bond donors (Lipinski definition) is 3. The first-order valence-electron chi connectivity index (χ1n) is 11.4. The molecule has 3 rings (SSSR count). The monoisotopic (exact) mass is 464 g/mol. The number of carboxylic acids is 1. The number of carboxylic acid groups (broad SMARTS) is 1. The lowest BCUT2D eigenvalue weighted by atomic mass is 9.88. The highest BCUT2D eigenvalue weighted by Gasteiger charge is 2.30. The van der Waals surface area contributed by atoms with Crippen LogP contribution in [0.15, 0.2) is 60.7 Å². The summed E-state index contributed by atoms with van der Waals surface area (Å²) < 4.78 is 5.59. The third kappa shape index (κ3) is 6.70. The molecule has 0 saturated heterocycles. The van der Waals surface area contributed by atoms with E-state index >= 15 is 0 Å². The Kier molecular flexibility index (Phi) is 8.10. The Hall–Kier alpha value is -3.61. The first-order chi connectivity index (χ1) is 16.2. The van der Waals surface area contributed by atoms with Crippen LogP contribution in [0.2, 0.25) is 0 Å². The maximum absolute atomic E-state index is 12.7. The molecule has 180 valence electrons. The van der Waals surface area contributed by atoms with Gasteiger partial charge in [0.15, 0.2) is 0 Å². The minimum absolute atomic E-state index is 0.0232. The lowest BCUT2D eigenvalue weighted by Crippen LogP contribution is -2.47. The van der Waals surface area contributed by atoms with E-state index in [1.165, 1.54) is 6.08 Å². The van der Waals surface area contributed by atoms with E-state index in [1.807, 2.05) is 36.4 Å². The summed E-state index contributed by atoms with van der Waals surface area (Å²) in [6.07, 6.45) is 2.79. The topological polar surface area (TPSA) is 105 Å². The summed E-state index contributed by atoms with van der Waals surface area (Å²) in [5.74, 6) is -1.54. The van der Waals surface area contributed by atoms with Crippen molar-refractivity contribution in [2.75, 3.05) is 13.2 Å². The van der Waals surface area contributed by atoms with Gasteiger partial charge in [-0.1, -0.05) is 75.4 Å². The number of carbonyl (C=O) groups excluding carboxylic acids is 2. The molecule has 7 nitrogen and oxygen atoms in total. The largest absolute Gasteiger partial charge is 0.478 e. The quantitative estimate of drug-likeness (QED) is 0.475. The number of hydrogen-bond acceptors (Lipinski definition) is 4. The fourth-order valence-electron chi connectivity index (χ4n) is 4.07. The summed E-state index contributed by atoms with van der Waals surface area (Å²) in [5.41, 5.74) is 4.49. The number of ether oxygens (including phenoxy) is 1. The Balaban J connectivity index is 1.63. The highest BCUT2D eigenvalue weighted by Crippen LogP contribution is 2.44. The van der Waals surface area contributed by atoms with Crippen molar-refractivity contribution in [3.63, 3.8) is 0 Å². The van der Waals surface area contributed by atoms with Gasteiger partial charge in [-0.3, -0.25) is 4.79 Å². The lowest BCUT2D eigenvalue weighted by Gasteiger charge is -2.23. The second-order valence-corrected chi connectivity index (χ2v) is 9.61. The van der Waals surface area contributed by atoms with Crippen LogP contribution in [-0.2, 0) is 14.3 Å². The second kappa shape index (κ2) is 11.0. The molecular weight excluding hydrogens is 432 g/mol. The molecule has 2 aromatic carbocycles. The SMILES string of the molecule is CC(C)(C)CCC(NC(=O)OCC1c2ccccc2-c2ccccc21)C(=O)NC/C=C/C(=O)O. The third-order valence-corrected chi connectivity index (χ3v) is 5.79. The van der Waals surface area contributed by atoms with Gasteiger partial charge in [0.25, 0.3) is 0 Å². The third-order valence-electron chi connectivity index (χ3n) is 5.79. The zero-order chi connectivity index (χ0) is 24.7. The van der Waals surface area contributed by atoms with Gasteiger partial charge in [0.05, 0.1) is 0 Å². The average molecular weight is 465 g/mol. The molecule has 3 N–H and O–H groups in total. The molecule has 34 heavy (non-hydrogen) atoms. The van der Waals surface area contributed by atoms with Crippen molar-refractivity contribution >= 4 is 18.0 Å². The molecule has 0 heterocycles. The van der Waals surface area contributed by atoms with Crippen molar-refractivity contribution in [1.29, 1.82) is 0 Å². The molecule has 0 aromatic heterocycles. The number of fused-ring (bicyclic) bond motifs is 3. The first kappa shape index (κ1) is 25.0. The molecule has 0 fully saturated rings. The van der Waals surface area contributed by atoms with Gasteiger partial charge in [-0.2, -0.15) is 0 Å². The van der Waals surface area contributed by atoms with E-state index in [2.05, 4.69) is 43.5 Å². The van der Waals surface area contributed by atoms with Gasteiger partial charge in [0, 0.05) is 18.5 Å². The molecule has 1 atom stereocenters. The average Bonchev–Trinajstić information content (AvgIpc) is 3.11. The maximum Gasteiger partial charge on any atom is 0.407 e. The van der Waals surface area contributed by atoms with Gasteiger partial charge in [-0.25, -0.2) is 9.59 Å². The summed E-state index contributed by atoms with van der Waals surface area (Å²) in [7, 11) is 0. The Bertz CT molecular complexity index is 1030. The zero-order valence-corrected chi connectivity index (χ0v) is 19.8. The van der Waals surface area contributed by atoms with Crippen molar-refractivity contribution in [1.82, 2.24) is 10.6 Å². The van der Waals surface area contributed by atoms with Crippen LogP contribution >= 0.6 is 0 Å². The maximum atomic E-state index is 12.7. The van der Waals surface area contributed by atoms with Gasteiger partial charge in [-0.15, -0.1) is 0 Å². The summed E-state index contributed by atoms with van der Waals surface area (Å²) in [4.78, 5) is 35.9. The molecule has 1 aliphatic carbocycles. The zero-order valence-electron chi connectivity index (χ0n) is 19.8. The highest BCUT2D eigenvalue weighted by molar-refractivity contribution is 5.86. The van der Waals surface area contributed by atoms with Gasteiger partial charge >= 0.3 is 12.1 Å². The molecule has 2 aromatic rings. The van der Waals surface area contributed by atoms with Crippen molar-refractivity contribution in [3.8, 4) is 11.1 Å². The van der Waals surface area contributed by atoms with Crippen LogP contribution in [0.5, 0.6) is 0 Å². The Morgan fingerprint density at radius 2 is 1.62 bits per heavy atom. The van der Waals surface area contributed by atoms with E-state index in [9.17, 15) is 14.4 Å². The van der Waals surface area contributed by atoms with E-state index in [1.54, 1.807) is 0 Å². The molecule has 7 heteroatoms. The Morgan fingerprint density at radius 3 is 2.18 bits per heavy atom. The first-order valence-corrected chi connectivity index (χ1v) is 11.4. The summed E-state index contributed by atoms with van der Waals surface area (Å²) >= 11 is 0. The predicted octanol–water partition coefficient (Wildman–Crippen LogP) is 4.48. The van der Waals surface area contributed by atoms with E-state index in [0.717, 1.165) is 28.3 Å². The molecule has 1 aliphatic rings. The number of alkyl carbamates (subject to hydrolysis) is 1. The highest BCUT2D eigenvalue weighted by atomic mass is 16.5. The van der Waals surface area contributed by atoms with Crippen LogP contribution < -0.4 is 10.6 Å². The number of benzene rings is 2. The van der Waals surface area contributed by atoms with Crippen molar-refractivity contribution in [2.45, 2.75) is 45.6 Å². The molecule has 0 spiro atoms. The van der Waals surface area contributed by atoms with Gasteiger partial charge in [0.2, 0.25) is 5.91 Å². The van der Waals surface area contributed by atoms with Crippen LogP contribution in [0.25, 0.3) is 11.1 Å². The predicted molar refractivity (Wildman–Crippen MR) is 130 cm³/mol. The number of amides is 2. The fraction of sp³-hybridized carbons (Fsp3) is 0.370. The fourth-order valence-corrected chi connectivity index (χ4v) is 4.07. The molecule has 1 unspecified atom stereocenters. The van der Waals surface area contributed by atoms with Gasteiger partial charge in [0.1, 0.15) is 12.6 Å². The smallest absolute Gasteiger partial charge is 0.407 e. The van der Waals surface area contributed by atoms with Gasteiger partial charge < -0.3 is 20.5 Å². The molecular formula is C27H32N2O5. The van der Waals surface area contributed by atoms with E-state index in [0.29, 0.717) is 12.8 Å². The number of rotatable bonds is 9. The number of aliphatic carboxylic acids is 1. The normalized spacial score (nSPS) is 13.7. The molecule has 2 amide bonds. The van der Waals surface area contributed by atoms with Crippen LogP contribution in [0.3, 0.4) is 0 Å². The van der Waals surface area contributed by atoms with Crippen LogP contribution in [0.4, 0.5) is 4.79 Å². The molecule has 0 saturated carbocycles. The van der Waals surface area contributed by atoms with Crippen molar-refractivity contribution in [3.05, 3.63) is 71.8 Å². The van der Waals surface area contributed by atoms with E-state index < -0.39 is 18.1 Å². The summed E-state index contributed by atoms with van der Waals surface area (Å²) in [6.45, 7) is 6.40. The molecule has 0 aliphatic heterocycles. The van der Waals surface area contributed by atoms with Crippen molar-refractivity contribution in [2.24, 2.45) is 5.41 Å². The summed E-state index contributed by atoms with van der Waals surface area (Å²) in [6, 6.07) is 15.4. The minimum atomic E-state index is -1.09. The molecule has 0 radical (unpaired) electrons. The number of carbonyl (C=O) groups is 3. The van der Waals surface area contributed by atoms with E-state index in [4.69, 9.17) is 9.84 Å². The van der Waals surface area contributed by atoms with Crippen LogP contribution in [0.1, 0.15) is 50.7 Å². The summed E-state index contributed by atoms with van der Waals surface area (Å²) in [5, 5.41) is 14.0. The number of nitrogens with one attached hydrogen (secondary N) is 2.